The number of nitrogens with zero attached hydrogens (tertiary/aromatic N) is 1. The van der Waals surface area contributed by atoms with Crippen LogP contribution in [0.2, 0.25) is 0 Å². The third-order valence-electron chi connectivity index (χ3n) is 6.06. The first-order valence-corrected chi connectivity index (χ1v) is 8.10. The molecule has 0 spiro atoms. The maximum Gasteiger partial charge on any atom is 0.317 e. The summed E-state index contributed by atoms with van der Waals surface area (Å²) in [5.74, 6) is 1.02. The van der Waals surface area contributed by atoms with E-state index in [1.54, 1.807) is 0 Å². The highest BCUT2D eigenvalue weighted by Gasteiger charge is 2.62. The van der Waals surface area contributed by atoms with Crippen LogP contribution < -0.4 is 5.32 Å². The quantitative estimate of drug-likeness (QED) is 0.797. The summed E-state index contributed by atoms with van der Waals surface area (Å²) in [5.41, 5.74) is -0.241. The van der Waals surface area contributed by atoms with Gasteiger partial charge in [-0.2, -0.15) is 0 Å². The highest BCUT2D eigenvalue weighted by atomic mass is 16.5. The maximum atomic E-state index is 12.3. The van der Waals surface area contributed by atoms with E-state index in [4.69, 9.17) is 9.47 Å². The Bertz CT molecular complexity index is 457. The van der Waals surface area contributed by atoms with Gasteiger partial charge in [-0.3, -0.25) is 4.79 Å². The summed E-state index contributed by atoms with van der Waals surface area (Å²) in [6, 6.07) is -0.0576. The molecular weight excluding hydrogens is 284 g/mol. The lowest BCUT2D eigenvalue weighted by Gasteiger charge is -2.35. The van der Waals surface area contributed by atoms with Gasteiger partial charge in [-0.15, -0.1) is 0 Å². The van der Waals surface area contributed by atoms with Gasteiger partial charge in [-0.25, -0.2) is 4.79 Å². The average Bonchev–Trinajstić information content (AvgIpc) is 2.91. The molecule has 1 N–H and O–H groups in total. The van der Waals surface area contributed by atoms with E-state index < -0.39 is 5.41 Å². The molecular formula is C16H26N2O4. The van der Waals surface area contributed by atoms with Crippen molar-refractivity contribution in [2.24, 2.45) is 22.7 Å². The van der Waals surface area contributed by atoms with Crippen LogP contribution in [0.5, 0.6) is 0 Å². The molecule has 0 aromatic heterocycles. The first-order chi connectivity index (χ1) is 10.4. The number of amides is 2. The zero-order chi connectivity index (χ0) is 16.0. The van der Waals surface area contributed by atoms with Crippen LogP contribution in [0.15, 0.2) is 0 Å². The van der Waals surface area contributed by atoms with Crippen molar-refractivity contribution in [2.75, 3.05) is 40.0 Å². The minimum Gasteiger partial charge on any atom is -0.469 e. The van der Waals surface area contributed by atoms with E-state index in [1.807, 2.05) is 4.90 Å². The molecule has 124 valence electrons. The molecule has 1 saturated carbocycles. The van der Waals surface area contributed by atoms with Crippen molar-refractivity contribution in [2.45, 2.75) is 26.7 Å². The third kappa shape index (κ3) is 2.47. The molecule has 3 aliphatic rings. The highest BCUT2D eigenvalue weighted by molar-refractivity contribution is 5.79. The number of methoxy groups -OCH3 is 1. The Hall–Kier alpha value is -1.30. The summed E-state index contributed by atoms with van der Waals surface area (Å²) in [4.78, 5) is 26.4. The number of piperidine rings is 1. The number of fused-ring (bicyclic) bond motifs is 1. The standard InChI is InChI=1S/C16H26N2O4/c1-15(2)11-8-18(9-12(11)15)14(20)17-10-16(13(19)21-3)4-6-22-7-5-16/h11-12H,4-10H2,1-3H3,(H,17,20). The van der Waals surface area contributed by atoms with Gasteiger partial charge in [0.25, 0.3) is 0 Å². The van der Waals surface area contributed by atoms with Gasteiger partial charge in [0.1, 0.15) is 0 Å². The van der Waals surface area contributed by atoms with E-state index in [2.05, 4.69) is 19.2 Å². The molecule has 0 aromatic carbocycles. The zero-order valence-electron chi connectivity index (χ0n) is 13.7. The number of hydrogen-bond acceptors (Lipinski definition) is 4. The van der Waals surface area contributed by atoms with Crippen molar-refractivity contribution in [3.63, 3.8) is 0 Å². The molecule has 2 atom stereocenters. The number of esters is 1. The Kier molecular flexibility index (Phi) is 3.83. The molecule has 6 nitrogen and oxygen atoms in total. The Morgan fingerprint density at radius 1 is 1.23 bits per heavy atom. The molecule has 3 fully saturated rings. The van der Waals surface area contributed by atoms with Crippen molar-refractivity contribution in [1.82, 2.24) is 10.2 Å². The van der Waals surface area contributed by atoms with E-state index in [-0.39, 0.29) is 12.0 Å². The summed E-state index contributed by atoms with van der Waals surface area (Å²) in [6.07, 6.45) is 1.19. The van der Waals surface area contributed by atoms with Crippen molar-refractivity contribution < 1.29 is 19.1 Å². The summed E-state index contributed by atoms with van der Waals surface area (Å²) in [5, 5.41) is 2.95. The summed E-state index contributed by atoms with van der Waals surface area (Å²) in [6.45, 7) is 7.60. The molecule has 0 radical (unpaired) electrons. The number of urea groups is 1. The average molecular weight is 310 g/mol. The largest absolute Gasteiger partial charge is 0.469 e. The lowest BCUT2D eigenvalue weighted by atomic mass is 9.80. The van der Waals surface area contributed by atoms with Crippen molar-refractivity contribution >= 4 is 12.0 Å². The van der Waals surface area contributed by atoms with Gasteiger partial charge in [0, 0.05) is 32.8 Å². The number of likely N-dealkylation sites (tertiary alicyclic amines) is 1. The molecule has 2 saturated heterocycles. The molecule has 3 rings (SSSR count). The lowest BCUT2D eigenvalue weighted by Crippen LogP contribution is -2.50. The van der Waals surface area contributed by atoms with Gasteiger partial charge < -0.3 is 19.7 Å². The van der Waals surface area contributed by atoms with Crippen LogP contribution in [0.1, 0.15) is 26.7 Å². The monoisotopic (exact) mass is 310 g/mol. The minimum atomic E-state index is -0.634. The lowest BCUT2D eigenvalue weighted by molar-refractivity contribution is -0.158. The SMILES string of the molecule is COC(=O)C1(CNC(=O)N2CC3C(C2)C3(C)C)CCOCC1. The van der Waals surface area contributed by atoms with Crippen LogP contribution in [0.4, 0.5) is 4.79 Å². The smallest absolute Gasteiger partial charge is 0.317 e. The van der Waals surface area contributed by atoms with E-state index in [0.29, 0.717) is 49.9 Å². The van der Waals surface area contributed by atoms with Crippen LogP contribution in [0.25, 0.3) is 0 Å². The van der Waals surface area contributed by atoms with Crippen LogP contribution >= 0.6 is 0 Å². The van der Waals surface area contributed by atoms with Gasteiger partial charge in [0.15, 0.2) is 0 Å². The molecule has 1 aliphatic carbocycles. The molecule has 2 amide bonds. The fourth-order valence-corrected chi connectivity index (χ4v) is 4.09. The summed E-state index contributed by atoms with van der Waals surface area (Å²) < 4.78 is 10.3. The van der Waals surface area contributed by atoms with Gasteiger partial charge >= 0.3 is 12.0 Å². The number of ether oxygens (including phenoxy) is 2. The second kappa shape index (κ2) is 5.41. The normalized spacial score (nSPS) is 31.3. The summed E-state index contributed by atoms with van der Waals surface area (Å²) in [7, 11) is 1.40. The third-order valence-corrected chi connectivity index (χ3v) is 6.06. The first-order valence-electron chi connectivity index (χ1n) is 8.10. The number of carbonyl (C=O) groups is 2. The van der Waals surface area contributed by atoms with Gasteiger partial charge in [0.2, 0.25) is 0 Å². The van der Waals surface area contributed by atoms with Gasteiger partial charge in [0.05, 0.1) is 12.5 Å². The van der Waals surface area contributed by atoms with Gasteiger partial charge in [-0.05, 0) is 30.1 Å². The minimum absolute atomic E-state index is 0.0576. The molecule has 2 heterocycles. The number of hydrogen-bond donors (Lipinski definition) is 1. The second-order valence-corrected chi connectivity index (χ2v) is 7.48. The van der Waals surface area contributed by atoms with Crippen molar-refractivity contribution in [3.05, 3.63) is 0 Å². The first kappa shape index (κ1) is 15.6. The fourth-order valence-electron chi connectivity index (χ4n) is 4.09. The van der Waals surface area contributed by atoms with Crippen LogP contribution in [0.3, 0.4) is 0 Å². The van der Waals surface area contributed by atoms with E-state index in [1.165, 1.54) is 7.11 Å². The van der Waals surface area contributed by atoms with Crippen molar-refractivity contribution in [3.8, 4) is 0 Å². The second-order valence-electron chi connectivity index (χ2n) is 7.48. The number of nitrogens with one attached hydrogen (secondary N) is 1. The Balaban J connectivity index is 1.54. The Morgan fingerprint density at radius 2 is 1.82 bits per heavy atom. The predicted molar refractivity (Wildman–Crippen MR) is 80.2 cm³/mol. The fraction of sp³-hybridized carbons (Fsp3) is 0.875. The Morgan fingerprint density at radius 3 is 2.36 bits per heavy atom. The van der Waals surface area contributed by atoms with Crippen LogP contribution in [0, 0.1) is 22.7 Å². The molecule has 0 aromatic rings. The Labute approximate surface area is 131 Å². The highest BCUT2D eigenvalue weighted by Crippen LogP contribution is 2.61. The van der Waals surface area contributed by atoms with Crippen molar-refractivity contribution in [1.29, 1.82) is 0 Å². The summed E-state index contributed by atoms with van der Waals surface area (Å²) >= 11 is 0. The molecule has 6 heteroatoms. The molecule has 2 unspecified atom stereocenters. The van der Waals surface area contributed by atoms with Gasteiger partial charge in [-0.1, -0.05) is 13.8 Å². The van der Waals surface area contributed by atoms with E-state index >= 15 is 0 Å². The predicted octanol–water partition coefficient (Wildman–Crippen LogP) is 1.25. The van der Waals surface area contributed by atoms with E-state index in [0.717, 1.165) is 13.1 Å². The van der Waals surface area contributed by atoms with Crippen LogP contribution in [-0.4, -0.2) is 56.9 Å². The topological polar surface area (TPSA) is 67.9 Å². The molecule has 0 bridgehead atoms. The number of carbonyl (C=O) groups excluding carboxylic acids is 2. The maximum absolute atomic E-state index is 12.3. The molecule has 2 aliphatic heterocycles. The van der Waals surface area contributed by atoms with E-state index in [9.17, 15) is 9.59 Å². The zero-order valence-corrected chi connectivity index (χ0v) is 13.7. The number of rotatable bonds is 3. The molecule has 22 heavy (non-hydrogen) atoms. The van der Waals surface area contributed by atoms with Crippen LogP contribution in [-0.2, 0) is 14.3 Å².